The number of hydrogen-bond donors (Lipinski definition) is 2. The van der Waals surface area contributed by atoms with E-state index < -0.39 is 17.7 Å². The Hall–Kier alpha value is 0.0700. The zero-order valence-electron chi connectivity index (χ0n) is 21.4. The van der Waals surface area contributed by atoms with Gasteiger partial charge in [0.15, 0.2) is 9.84 Å². The second-order valence-electron chi connectivity index (χ2n) is 5.47. The van der Waals surface area contributed by atoms with E-state index in [1.165, 1.54) is 12.1 Å². The van der Waals surface area contributed by atoms with Crippen molar-refractivity contribution in [3.63, 3.8) is 0 Å². The largest absolute Gasteiger partial charge is 1.00 e. The van der Waals surface area contributed by atoms with Gasteiger partial charge in [0.25, 0.3) is 0 Å². The van der Waals surface area contributed by atoms with E-state index in [1.807, 2.05) is 0 Å². The summed E-state index contributed by atoms with van der Waals surface area (Å²) in [6.07, 6.45) is 0.186. The topological polar surface area (TPSA) is 525 Å². The molecular formula is C15H36Cl2NNa2O19PS. The molecule has 1 heterocycles. The standard InChI is InChI=1S/C15H11Cl2NO3S.2Na.H3O4P.12H2O/c16-12-2-1-3-13(17)11(12)8-22(20,21)10-4-5-14-9(6-10)7-15(19)18-14;;;1-5(2,3)4;;;;;;;;;;;;/h1-6H,7-8H2,(H,18,19);;;(H3,1,2,3,4);12*1H2/q;2*+1;;;;;;;;;;;;;/p-2. The van der Waals surface area contributed by atoms with Gasteiger partial charge in [-0.15, -0.1) is 0 Å². The Morgan fingerprint density at radius 1 is 0.805 bits per heavy atom. The molecule has 0 unspecified atom stereocenters. The Labute approximate surface area is 287 Å². The molecule has 0 radical (unpaired) electrons. The average Bonchev–Trinajstić information content (AvgIpc) is 2.88. The third-order valence-electron chi connectivity index (χ3n) is 3.46. The molecule has 0 saturated heterocycles. The molecule has 0 fully saturated rings. The fourth-order valence-corrected chi connectivity index (χ4v) is 4.49. The van der Waals surface area contributed by atoms with Crippen LogP contribution in [0.5, 0.6) is 0 Å². The summed E-state index contributed by atoms with van der Waals surface area (Å²) in [5.41, 5.74) is 1.71. The number of benzene rings is 2. The SMILES string of the molecule is O.O.O.O.O.O.O.O.O.O.O.O.O=C1Cc2cc(S(=O)(=O)Cc3c(Cl)cccc3Cl)ccc2N1.O=P([O-])([O-])O.[Na+].[Na+]. The van der Waals surface area contributed by atoms with Gasteiger partial charge < -0.3 is 90.3 Å². The molecule has 26 N–H and O–H groups in total. The van der Waals surface area contributed by atoms with E-state index in [0.29, 0.717) is 26.9 Å². The van der Waals surface area contributed by atoms with E-state index in [1.54, 1.807) is 24.3 Å². The second-order valence-corrected chi connectivity index (χ2v) is 9.21. The normalized spacial score (nSPS) is 8.85. The first-order valence-electron chi connectivity index (χ1n) is 7.20. The van der Waals surface area contributed by atoms with Gasteiger partial charge >= 0.3 is 59.1 Å². The predicted molar refractivity (Wildman–Crippen MR) is 139 cm³/mol. The summed E-state index contributed by atoms with van der Waals surface area (Å²) in [5.74, 6) is -0.426. The van der Waals surface area contributed by atoms with Crippen LogP contribution in [0.4, 0.5) is 5.69 Å². The molecule has 0 aliphatic carbocycles. The second kappa shape index (κ2) is 34.6. The van der Waals surface area contributed by atoms with Gasteiger partial charge in [-0.1, -0.05) is 29.3 Å². The average molecular weight is 714 g/mol. The summed E-state index contributed by atoms with van der Waals surface area (Å²) in [5, 5.41) is 3.30. The van der Waals surface area contributed by atoms with Crippen LogP contribution < -0.4 is 74.2 Å². The number of nitrogens with one attached hydrogen (secondary N) is 1. The first-order chi connectivity index (χ1) is 12.4. The quantitative estimate of drug-likeness (QED) is 0.228. The van der Waals surface area contributed by atoms with Crippen LogP contribution in [0.15, 0.2) is 41.3 Å². The van der Waals surface area contributed by atoms with Crippen LogP contribution in [0.2, 0.25) is 10.0 Å². The zero-order chi connectivity index (χ0) is 20.4. The monoisotopic (exact) mass is 713 g/mol. The van der Waals surface area contributed by atoms with E-state index in [9.17, 15) is 13.2 Å². The minimum Gasteiger partial charge on any atom is -0.790 e. The van der Waals surface area contributed by atoms with Crippen molar-refractivity contribution in [2.45, 2.75) is 17.1 Å². The molecule has 0 aromatic heterocycles. The molecule has 0 saturated carbocycles. The molecule has 242 valence electrons. The van der Waals surface area contributed by atoms with Gasteiger partial charge in [-0.25, -0.2) is 8.42 Å². The fourth-order valence-electron chi connectivity index (χ4n) is 2.34. The molecule has 1 amide bonds. The fraction of sp³-hybridized carbons (Fsp3) is 0.133. The molecule has 0 spiro atoms. The molecule has 41 heavy (non-hydrogen) atoms. The third-order valence-corrected chi connectivity index (χ3v) is 5.81. The summed E-state index contributed by atoms with van der Waals surface area (Å²) >= 11 is 12.1. The number of fused-ring (bicyclic) bond motifs is 1. The number of anilines is 1. The molecule has 2 aromatic carbocycles. The number of halogens is 2. The summed E-state index contributed by atoms with van der Waals surface area (Å²) in [7, 11) is -8.74. The number of carbonyl (C=O) groups is 1. The first kappa shape index (κ1) is 83.7. The van der Waals surface area contributed by atoms with Crippen molar-refractivity contribution in [2.24, 2.45) is 0 Å². The van der Waals surface area contributed by atoms with Crippen LogP contribution in [-0.2, 0) is 31.4 Å². The smallest absolute Gasteiger partial charge is 0.790 e. The van der Waals surface area contributed by atoms with Gasteiger partial charge in [0.2, 0.25) is 5.91 Å². The van der Waals surface area contributed by atoms with E-state index in [0.717, 1.165) is 0 Å². The van der Waals surface area contributed by atoms with E-state index in [-0.39, 0.29) is 148 Å². The number of carbonyl (C=O) groups excluding carboxylic acids is 1. The van der Waals surface area contributed by atoms with Crippen molar-refractivity contribution < 1.29 is 157 Å². The van der Waals surface area contributed by atoms with Gasteiger partial charge in [0, 0.05) is 21.3 Å². The van der Waals surface area contributed by atoms with E-state index in [2.05, 4.69) is 5.32 Å². The van der Waals surface area contributed by atoms with E-state index in [4.69, 9.17) is 42.4 Å². The van der Waals surface area contributed by atoms with Gasteiger partial charge in [0.1, 0.15) is 0 Å². The third kappa shape index (κ3) is 27.4. The van der Waals surface area contributed by atoms with Crippen molar-refractivity contribution in [1.29, 1.82) is 0 Å². The Morgan fingerprint density at radius 2 is 1.17 bits per heavy atom. The Bertz CT molecular complexity index is 1040. The van der Waals surface area contributed by atoms with Crippen LogP contribution in [0.25, 0.3) is 0 Å². The van der Waals surface area contributed by atoms with Crippen molar-refractivity contribution in [2.75, 3.05) is 5.32 Å². The van der Waals surface area contributed by atoms with Gasteiger partial charge in [-0.05, 0) is 35.9 Å². The molecule has 26 heteroatoms. The summed E-state index contributed by atoms with van der Waals surface area (Å²) < 4.78 is 33.8. The Balaban J connectivity index is -0.0000000350. The maximum atomic E-state index is 12.6. The minimum absolute atomic E-state index is 0. The van der Waals surface area contributed by atoms with Crippen LogP contribution in [0.3, 0.4) is 0 Å². The molecular weight excluding hydrogens is 678 g/mol. The minimum atomic E-state index is -5.14. The molecule has 1 aliphatic rings. The Kier molecular flexibility index (Phi) is 70.5. The molecule has 2 aromatic rings. The van der Waals surface area contributed by atoms with Crippen LogP contribution in [-0.4, -0.2) is 84.9 Å². The number of amides is 1. The van der Waals surface area contributed by atoms with Crippen molar-refractivity contribution in [1.82, 2.24) is 0 Å². The maximum Gasteiger partial charge on any atom is 1.00 e. The predicted octanol–water partition coefficient (Wildman–Crippen LogP) is -14.6. The number of phosphoric acid groups is 1. The van der Waals surface area contributed by atoms with Gasteiger partial charge in [-0.3, -0.25) is 4.79 Å². The van der Waals surface area contributed by atoms with Crippen LogP contribution in [0.1, 0.15) is 11.1 Å². The molecule has 1 aliphatic heterocycles. The Morgan fingerprint density at radius 3 is 1.54 bits per heavy atom. The summed E-state index contributed by atoms with van der Waals surface area (Å²) in [6, 6.07) is 9.46. The van der Waals surface area contributed by atoms with Crippen molar-refractivity contribution in [3.05, 3.63) is 57.6 Å². The van der Waals surface area contributed by atoms with Gasteiger partial charge in [0.05, 0.1) is 24.9 Å². The number of rotatable bonds is 3. The summed E-state index contributed by atoms with van der Waals surface area (Å²) in [4.78, 5) is 35.8. The number of sulfone groups is 1. The summed E-state index contributed by atoms with van der Waals surface area (Å²) in [6.45, 7) is 0. The maximum absolute atomic E-state index is 12.6. The zero-order valence-corrected chi connectivity index (χ0v) is 28.6. The molecule has 3 rings (SSSR count). The van der Waals surface area contributed by atoms with Crippen molar-refractivity contribution >= 4 is 52.5 Å². The van der Waals surface area contributed by atoms with Crippen LogP contribution in [0, 0.1) is 0 Å². The molecule has 0 bridgehead atoms. The van der Waals surface area contributed by atoms with Crippen molar-refractivity contribution in [3.8, 4) is 0 Å². The number of hydrogen-bond acceptors (Lipinski definition) is 6. The molecule has 0 atom stereocenters. The van der Waals surface area contributed by atoms with Gasteiger partial charge in [-0.2, -0.15) is 0 Å². The van der Waals surface area contributed by atoms with Crippen LogP contribution >= 0.6 is 31.0 Å². The first-order valence-corrected chi connectivity index (χ1v) is 11.1. The molecule has 20 nitrogen and oxygen atoms in total. The van der Waals surface area contributed by atoms with E-state index >= 15 is 0 Å².